The summed E-state index contributed by atoms with van der Waals surface area (Å²) in [4.78, 5) is 11.4. The predicted molar refractivity (Wildman–Crippen MR) is 113 cm³/mol. The average Bonchev–Trinajstić information content (AvgIpc) is 3.00. The largest absolute Gasteiger partial charge is 0.396 e. The summed E-state index contributed by atoms with van der Waals surface area (Å²) >= 11 is 0. The summed E-state index contributed by atoms with van der Waals surface area (Å²) in [6.45, 7) is 2.83. The monoisotopic (exact) mass is 376 g/mol. The maximum atomic E-state index is 9.02. The van der Waals surface area contributed by atoms with Crippen LogP contribution in [0.1, 0.15) is 12.1 Å². The Morgan fingerprint density at radius 2 is 1.89 bits per heavy atom. The van der Waals surface area contributed by atoms with Gasteiger partial charge in [-0.2, -0.15) is 10.1 Å². The molecule has 0 saturated carbocycles. The first-order valence-electron chi connectivity index (χ1n) is 9.37. The number of anilines is 3. The highest BCUT2D eigenvalue weighted by Crippen LogP contribution is 2.31. The Morgan fingerprint density at radius 1 is 1.07 bits per heavy atom. The van der Waals surface area contributed by atoms with Crippen molar-refractivity contribution >= 4 is 39.3 Å². The van der Waals surface area contributed by atoms with Gasteiger partial charge in [-0.1, -0.05) is 12.1 Å². The van der Waals surface area contributed by atoms with E-state index in [1.165, 1.54) is 0 Å². The van der Waals surface area contributed by atoms with Crippen molar-refractivity contribution in [2.75, 3.05) is 30.4 Å². The van der Waals surface area contributed by atoms with E-state index in [0.29, 0.717) is 18.9 Å². The van der Waals surface area contributed by atoms with Crippen LogP contribution in [0.15, 0.2) is 42.5 Å². The lowest BCUT2D eigenvalue weighted by Crippen LogP contribution is -2.14. The van der Waals surface area contributed by atoms with E-state index in [1.807, 2.05) is 43.0 Å². The molecule has 0 bridgehead atoms. The average molecular weight is 376 g/mol. The Bertz CT molecular complexity index is 1140. The molecule has 0 fully saturated rings. The van der Waals surface area contributed by atoms with E-state index < -0.39 is 0 Å². The molecular weight excluding hydrogens is 352 g/mol. The molecule has 0 aliphatic heterocycles. The topological polar surface area (TPSA) is 79.1 Å². The Morgan fingerprint density at radius 3 is 2.71 bits per heavy atom. The number of nitrogens with zero attached hydrogens (tertiary/aromatic N) is 5. The minimum absolute atomic E-state index is 0.136. The second-order valence-electron chi connectivity index (χ2n) is 6.86. The van der Waals surface area contributed by atoms with Crippen molar-refractivity contribution < 1.29 is 5.11 Å². The van der Waals surface area contributed by atoms with Crippen LogP contribution in [0.2, 0.25) is 0 Å². The molecule has 0 radical (unpaired) electrons. The molecule has 2 N–H and O–H groups in total. The van der Waals surface area contributed by atoms with Crippen molar-refractivity contribution in [2.24, 2.45) is 7.05 Å². The van der Waals surface area contributed by atoms with Gasteiger partial charge in [0.25, 0.3) is 0 Å². The number of benzene rings is 2. The van der Waals surface area contributed by atoms with Gasteiger partial charge < -0.3 is 15.3 Å². The summed E-state index contributed by atoms with van der Waals surface area (Å²) in [6.07, 6.45) is 0.650. The van der Waals surface area contributed by atoms with Gasteiger partial charge in [0.15, 0.2) is 0 Å². The highest BCUT2D eigenvalue weighted by Gasteiger charge is 2.14. The second kappa shape index (κ2) is 7.44. The van der Waals surface area contributed by atoms with Gasteiger partial charge in [0.2, 0.25) is 5.95 Å². The third-order valence-corrected chi connectivity index (χ3v) is 5.02. The SMILES string of the molecule is Cc1c2ccc(N(C)c3nc(NCCCO)nc4ccccc34)cc2nn1C. The van der Waals surface area contributed by atoms with E-state index in [1.54, 1.807) is 0 Å². The van der Waals surface area contributed by atoms with Crippen LogP contribution in [-0.2, 0) is 7.05 Å². The summed E-state index contributed by atoms with van der Waals surface area (Å²) < 4.78 is 1.90. The summed E-state index contributed by atoms with van der Waals surface area (Å²) in [5, 5.41) is 19.0. The van der Waals surface area contributed by atoms with Gasteiger partial charge in [0, 0.05) is 49.4 Å². The number of aryl methyl sites for hydroxylation is 2. The van der Waals surface area contributed by atoms with Crippen LogP contribution in [0.4, 0.5) is 17.5 Å². The zero-order valence-corrected chi connectivity index (χ0v) is 16.3. The lowest BCUT2D eigenvalue weighted by atomic mass is 10.1. The molecule has 0 aliphatic carbocycles. The Balaban J connectivity index is 1.78. The Kier molecular flexibility index (Phi) is 4.83. The van der Waals surface area contributed by atoms with Crippen molar-refractivity contribution in [3.8, 4) is 0 Å². The minimum atomic E-state index is 0.136. The molecule has 28 heavy (non-hydrogen) atoms. The van der Waals surface area contributed by atoms with E-state index >= 15 is 0 Å². The smallest absolute Gasteiger partial charge is 0.225 e. The standard InChI is InChI=1S/C21H24N6O/c1-14-16-10-9-15(13-19(16)25-27(14)3)26(2)20-17-7-4-5-8-18(17)23-21(24-20)22-11-6-12-28/h4-5,7-10,13,28H,6,11-12H2,1-3H3,(H,22,23,24). The van der Waals surface area contributed by atoms with Gasteiger partial charge in [0.1, 0.15) is 5.82 Å². The van der Waals surface area contributed by atoms with Crippen LogP contribution < -0.4 is 10.2 Å². The zero-order chi connectivity index (χ0) is 19.7. The molecule has 4 rings (SSSR count). The van der Waals surface area contributed by atoms with E-state index in [-0.39, 0.29) is 6.61 Å². The normalized spacial score (nSPS) is 11.3. The molecule has 0 atom stereocenters. The molecule has 144 valence electrons. The molecule has 0 unspecified atom stereocenters. The number of fused-ring (bicyclic) bond motifs is 2. The first kappa shape index (κ1) is 18.2. The third kappa shape index (κ3) is 3.25. The summed E-state index contributed by atoms with van der Waals surface area (Å²) in [7, 11) is 3.96. The van der Waals surface area contributed by atoms with Gasteiger partial charge >= 0.3 is 0 Å². The van der Waals surface area contributed by atoms with Gasteiger partial charge in [-0.3, -0.25) is 4.68 Å². The third-order valence-electron chi connectivity index (χ3n) is 5.02. The lowest BCUT2D eigenvalue weighted by Gasteiger charge is -2.21. The molecule has 4 aromatic rings. The van der Waals surface area contributed by atoms with Crippen molar-refractivity contribution in [3.05, 3.63) is 48.2 Å². The number of nitrogens with one attached hydrogen (secondary N) is 1. The second-order valence-corrected chi connectivity index (χ2v) is 6.86. The minimum Gasteiger partial charge on any atom is -0.396 e. The van der Waals surface area contributed by atoms with Crippen molar-refractivity contribution in [1.29, 1.82) is 0 Å². The number of hydrogen-bond acceptors (Lipinski definition) is 6. The molecule has 2 aromatic carbocycles. The van der Waals surface area contributed by atoms with E-state index in [4.69, 9.17) is 10.1 Å². The summed E-state index contributed by atoms with van der Waals surface area (Å²) in [5.74, 6) is 1.38. The first-order chi connectivity index (χ1) is 13.6. The first-order valence-corrected chi connectivity index (χ1v) is 9.37. The van der Waals surface area contributed by atoms with Gasteiger partial charge in [-0.25, -0.2) is 4.98 Å². The molecule has 0 saturated heterocycles. The summed E-state index contributed by atoms with van der Waals surface area (Å²) in [6, 6.07) is 14.3. The number of rotatable bonds is 6. The maximum Gasteiger partial charge on any atom is 0.225 e. The van der Waals surface area contributed by atoms with E-state index in [0.717, 1.165) is 39.0 Å². The molecule has 0 amide bonds. The molecule has 0 spiro atoms. The van der Waals surface area contributed by atoms with Crippen LogP contribution in [-0.4, -0.2) is 45.1 Å². The fourth-order valence-electron chi connectivity index (χ4n) is 3.32. The Labute approximate surface area is 163 Å². The number of para-hydroxylation sites is 1. The molecule has 2 aromatic heterocycles. The molecular formula is C21H24N6O. The highest BCUT2D eigenvalue weighted by molar-refractivity contribution is 5.93. The fraction of sp³-hybridized carbons (Fsp3) is 0.286. The van der Waals surface area contributed by atoms with Crippen molar-refractivity contribution in [1.82, 2.24) is 19.7 Å². The van der Waals surface area contributed by atoms with E-state index in [9.17, 15) is 0 Å². The van der Waals surface area contributed by atoms with Crippen LogP contribution in [0.25, 0.3) is 21.8 Å². The van der Waals surface area contributed by atoms with Crippen LogP contribution >= 0.6 is 0 Å². The van der Waals surface area contributed by atoms with Crippen LogP contribution in [0.5, 0.6) is 0 Å². The van der Waals surface area contributed by atoms with E-state index in [2.05, 4.69) is 45.4 Å². The van der Waals surface area contributed by atoms with Gasteiger partial charge in [-0.15, -0.1) is 0 Å². The highest BCUT2D eigenvalue weighted by atomic mass is 16.3. The van der Waals surface area contributed by atoms with Crippen molar-refractivity contribution in [2.45, 2.75) is 13.3 Å². The number of aromatic nitrogens is 4. The van der Waals surface area contributed by atoms with Gasteiger partial charge in [0.05, 0.1) is 11.0 Å². The van der Waals surface area contributed by atoms with Crippen molar-refractivity contribution in [3.63, 3.8) is 0 Å². The number of aliphatic hydroxyl groups excluding tert-OH is 1. The molecule has 7 heteroatoms. The van der Waals surface area contributed by atoms with Crippen LogP contribution in [0, 0.1) is 6.92 Å². The molecule has 0 aliphatic rings. The predicted octanol–water partition coefficient (Wildman–Crippen LogP) is 3.39. The fourth-order valence-corrected chi connectivity index (χ4v) is 3.32. The Hall–Kier alpha value is -3.19. The lowest BCUT2D eigenvalue weighted by molar-refractivity contribution is 0.292. The van der Waals surface area contributed by atoms with Gasteiger partial charge in [-0.05, 0) is 43.7 Å². The number of aliphatic hydroxyl groups is 1. The van der Waals surface area contributed by atoms with Crippen LogP contribution in [0.3, 0.4) is 0 Å². The quantitative estimate of drug-likeness (QED) is 0.502. The maximum absolute atomic E-state index is 9.02. The molecule has 7 nitrogen and oxygen atoms in total. The molecule has 2 heterocycles. The zero-order valence-electron chi connectivity index (χ0n) is 16.3. The number of hydrogen-bond donors (Lipinski definition) is 2. The summed E-state index contributed by atoms with van der Waals surface area (Å²) in [5.41, 5.74) is 3.99.